The molecule has 0 radical (unpaired) electrons. The topological polar surface area (TPSA) is 107 Å². The van der Waals surface area contributed by atoms with Gasteiger partial charge in [-0.3, -0.25) is 14.0 Å². The standard InChI is InChI=1S/C19H16BrN3O5S/c20-15-6-7-17-22-16(10-18(24)23(17)12-15)13-28-19(25)11-21-29(26,27)9-8-14-4-2-1-3-5-14/h1-10,12,21H,11,13H2/b9-8+. The number of nitrogens with one attached hydrogen (secondary N) is 1. The van der Waals surface area contributed by atoms with Crippen molar-refractivity contribution in [2.24, 2.45) is 0 Å². The number of fused-ring (bicyclic) bond motifs is 1. The number of hydrogen-bond donors (Lipinski definition) is 1. The fraction of sp³-hybridized carbons (Fsp3) is 0.105. The summed E-state index contributed by atoms with van der Waals surface area (Å²) in [5.41, 5.74) is 1.05. The van der Waals surface area contributed by atoms with Gasteiger partial charge in [-0.05, 0) is 39.7 Å². The smallest absolute Gasteiger partial charge is 0.321 e. The third-order valence-electron chi connectivity index (χ3n) is 3.71. The van der Waals surface area contributed by atoms with Crippen molar-refractivity contribution in [1.82, 2.24) is 14.1 Å². The van der Waals surface area contributed by atoms with E-state index in [2.05, 4.69) is 25.6 Å². The summed E-state index contributed by atoms with van der Waals surface area (Å²) in [5, 5.41) is 0.972. The maximum Gasteiger partial charge on any atom is 0.321 e. The monoisotopic (exact) mass is 477 g/mol. The lowest BCUT2D eigenvalue weighted by molar-refractivity contribution is -0.143. The summed E-state index contributed by atoms with van der Waals surface area (Å²) in [5.74, 6) is -0.792. The van der Waals surface area contributed by atoms with Crippen LogP contribution in [0.2, 0.25) is 0 Å². The van der Waals surface area contributed by atoms with Crippen LogP contribution in [0.25, 0.3) is 11.7 Å². The molecule has 1 N–H and O–H groups in total. The molecule has 0 unspecified atom stereocenters. The van der Waals surface area contributed by atoms with Crippen LogP contribution in [-0.2, 0) is 26.2 Å². The van der Waals surface area contributed by atoms with Crippen LogP contribution in [0.1, 0.15) is 11.3 Å². The van der Waals surface area contributed by atoms with Gasteiger partial charge in [-0.1, -0.05) is 30.3 Å². The molecule has 0 atom stereocenters. The molecule has 3 rings (SSSR count). The second kappa shape index (κ2) is 9.12. The van der Waals surface area contributed by atoms with Gasteiger partial charge >= 0.3 is 5.97 Å². The predicted molar refractivity (Wildman–Crippen MR) is 111 cm³/mol. The van der Waals surface area contributed by atoms with Crippen molar-refractivity contribution in [2.75, 3.05) is 6.54 Å². The highest BCUT2D eigenvalue weighted by atomic mass is 79.9. The summed E-state index contributed by atoms with van der Waals surface area (Å²) in [6.07, 6.45) is 3.00. The van der Waals surface area contributed by atoms with Crippen LogP contribution < -0.4 is 10.3 Å². The highest BCUT2D eigenvalue weighted by molar-refractivity contribution is 9.10. The SMILES string of the molecule is O=C(CNS(=O)(=O)/C=C/c1ccccc1)OCc1cc(=O)n2cc(Br)ccc2n1. The number of carbonyl (C=O) groups excluding carboxylic acids is 1. The summed E-state index contributed by atoms with van der Waals surface area (Å²) >= 11 is 3.27. The Morgan fingerprint density at radius 3 is 2.72 bits per heavy atom. The van der Waals surface area contributed by atoms with E-state index in [1.54, 1.807) is 42.6 Å². The number of halogens is 1. The first-order valence-corrected chi connectivity index (χ1v) is 10.7. The summed E-state index contributed by atoms with van der Waals surface area (Å²) in [6.45, 7) is -0.788. The quantitative estimate of drug-likeness (QED) is 0.522. The van der Waals surface area contributed by atoms with Crippen molar-refractivity contribution in [3.8, 4) is 0 Å². The van der Waals surface area contributed by atoms with Crippen LogP contribution >= 0.6 is 15.9 Å². The van der Waals surface area contributed by atoms with E-state index in [1.807, 2.05) is 6.07 Å². The number of sulfonamides is 1. The molecular formula is C19H16BrN3O5S. The molecule has 0 amide bonds. The maximum absolute atomic E-state index is 12.1. The van der Waals surface area contributed by atoms with Gasteiger partial charge in [0, 0.05) is 22.1 Å². The number of pyridine rings is 1. The summed E-state index contributed by atoms with van der Waals surface area (Å²) in [6, 6.07) is 13.5. The van der Waals surface area contributed by atoms with E-state index in [0.717, 1.165) is 9.88 Å². The fourth-order valence-electron chi connectivity index (χ4n) is 2.35. The Hall–Kier alpha value is -2.82. The average molecular weight is 478 g/mol. The van der Waals surface area contributed by atoms with E-state index >= 15 is 0 Å². The average Bonchev–Trinajstić information content (AvgIpc) is 2.71. The van der Waals surface area contributed by atoms with Crippen LogP contribution in [-0.4, -0.2) is 30.3 Å². The number of ether oxygens (including phenoxy) is 1. The molecule has 3 aromatic rings. The van der Waals surface area contributed by atoms with Crippen LogP contribution in [0, 0.1) is 0 Å². The van der Waals surface area contributed by atoms with Crippen molar-refractivity contribution < 1.29 is 17.9 Å². The molecule has 0 aliphatic rings. The van der Waals surface area contributed by atoms with Crippen LogP contribution in [0.15, 0.2) is 69.4 Å². The molecule has 8 nitrogen and oxygen atoms in total. The molecule has 2 heterocycles. The van der Waals surface area contributed by atoms with E-state index in [1.165, 1.54) is 16.5 Å². The molecule has 0 bridgehead atoms. The highest BCUT2D eigenvalue weighted by Crippen LogP contribution is 2.09. The van der Waals surface area contributed by atoms with Gasteiger partial charge in [0.15, 0.2) is 0 Å². The predicted octanol–water partition coefficient (Wildman–Crippen LogP) is 2.09. The molecule has 0 fully saturated rings. The Bertz CT molecular complexity index is 1220. The molecule has 2 aromatic heterocycles. The first-order chi connectivity index (χ1) is 13.8. The molecule has 0 saturated carbocycles. The van der Waals surface area contributed by atoms with E-state index < -0.39 is 22.5 Å². The minimum Gasteiger partial charge on any atom is -0.458 e. The summed E-state index contributed by atoms with van der Waals surface area (Å²) in [4.78, 5) is 28.2. The van der Waals surface area contributed by atoms with Gasteiger partial charge in [0.2, 0.25) is 10.0 Å². The van der Waals surface area contributed by atoms with Gasteiger partial charge in [0.05, 0.1) is 5.69 Å². The molecule has 0 aliphatic carbocycles. The van der Waals surface area contributed by atoms with E-state index in [-0.39, 0.29) is 17.9 Å². The van der Waals surface area contributed by atoms with E-state index in [9.17, 15) is 18.0 Å². The maximum atomic E-state index is 12.1. The van der Waals surface area contributed by atoms with Crippen molar-refractivity contribution in [3.63, 3.8) is 0 Å². The lowest BCUT2D eigenvalue weighted by atomic mass is 10.2. The normalized spacial score (nSPS) is 11.8. The Balaban J connectivity index is 1.56. The number of benzene rings is 1. The van der Waals surface area contributed by atoms with Gasteiger partial charge in [-0.25, -0.2) is 18.1 Å². The van der Waals surface area contributed by atoms with Crippen molar-refractivity contribution >= 4 is 43.6 Å². The minimum absolute atomic E-state index is 0.248. The van der Waals surface area contributed by atoms with Crippen molar-refractivity contribution in [2.45, 2.75) is 6.61 Å². The van der Waals surface area contributed by atoms with Gasteiger partial charge < -0.3 is 4.74 Å². The summed E-state index contributed by atoms with van der Waals surface area (Å²) in [7, 11) is -3.80. The first-order valence-electron chi connectivity index (χ1n) is 8.39. The van der Waals surface area contributed by atoms with E-state index in [4.69, 9.17) is 4.74 Å². The third kappa shape index (κ3) is 6.08. The molecule has 0 saturated heterocycles. The lowest BCUT2D eigenvalue weighted by Crippen LogP contribution is -2.29. The van der Waals surface area contributed by atoms with Crippen LogP contribution in [0.5, 0.6) is 0 Å². The van der Waals surface area contributed by atoms with Crippen molar-refractivity contribution in [3.05, 3.63) is 86.2 Å². The zero-order chi connectivity index (χ0) is 20.9. The molecule has 0 spiro atoms. The van der Waals surface area contributed by atoms with Crippen LogP contribution in [0.3, 0.4) is 0 Å². The Labute approximate surface area is 175 Å². The summed E-state index contributed by atoms with van der Waals surface area (Å²) < 4.78 is 33.1. The van der Waals surface area contributed by atoms with Gasteiger partial charge in [0.1, 0.15) is 18.8 Å². The molecule has 10 heteroatoms. The van der Waals surface area contributed by atoms with Crippen LogP contribution in [0.4, 0.5) is 0 Å². The Kier molecular flexibility index (Phi) is 6.57. The number of esters is 1. The zero-order valence-corrected chi connectivity index (χ0v) is 17.4. The Morgan fingerprint density at radius 2 is 1.97 bits per heavy atom. The molecule has 1 aromatic carbocycles. The number of rotatable bonds is 7. The Morgan fingerprint density at radius 1 is 1.21 bits per heavy atom. The number of aromatic nitrogens is 2. The number of hydrogen-bond acceptors (Lipinski definition) is 6. The van der Waals surface area contributed by atoms with Gasteiger partial charge in [0.25, 0.3) is 5.56 Å². The molecule has 150 valence electrons. The third-order valence-corrected chi connectivity index (χ3v) is 5.22. The molecular weight excluding hydrogens is 462 g/mol. The van der Waals surface area contributed by atoms with E-state index in [0.29, 0.717) is 11.2 Å². The van der Waals surface area contributed by atoms with Gasteiger partial charge in [-0.2, -0.15) is 0 Å². The first kappa shape index (κ1) is 20.9. The fourth-order valence-corrected chi connectivity index (χ4v) is 3.43. The molecule has 29 heavy (non-hydrogen) atoms. The minimum atomic E-state index is -3.80. The highest BCUT2D eigenvalue weighted by Gasteiger charge is 2.11. The zero-order valence-electron chi connectivity index (χ0n) is 15.0. The van der Waals surface area contributed by atoms with Crippen molar-refractivity contribution in [1.29, 1.82) is 0 Å². The van der Waals surface area contributed by atoms with Gasteiger partial charge in [-0.15, -0.1) is 0 Å². The second-order valence-electron chi connectivity index (χ2n) is 5.90. The largest absolute Gasteiger partial charge is 0.458 e. The molecule has 0 aliphatic heterocycles. The lowest BCUT2D eigenvalue weighted by Gasteiger charge is -2.07. The number of nitrogens with zero attached hydrogens (tertiary/aromatic N) is 2. The number of carbonyl (C=O) groups is 1. The second-order valence-corrected chi connectivity index (χ2v) is 8.47.